The molecule has 0 atom stereocenters. The van der Waals surface area contributed by atoms with Gasteiger partial charge in [0, 0.05) is 18.1 Å². The van der Waals surface area contributed by atoms with Crippen LogP contribution in [0.3, 0.4) is 0 Å². The van der Waals surface area contributed by atoms with Crippen molar-refractivity contribution in [1.29, 1.82) is 0 Å². The molecule has 3 N–H and O–H groups in total. The number of carbonyl (C=O) groups is 1. The quantitative estimate of drug-likeness (QED) is 0.756. The molecule has 1 aliphatic heterocycles. The highest BCUT2D eigenvalue weighted by Gasteiger charge is 2.17. The predicted molar refractivity (Wildman–Crippen MR) is 70.3 cm³/mol. The molecule has 0 unspecified atom stereocenters. The van der Waals surface area contributed by atoms with Gasteiger partial charge in [-0.3, -0.25) is 0 Å². The number of urea groups is 1. The third-order valence-corrected chi connectivity index (χ3v) is 3.14. The molecule has 0 bridgehead atoms. The molecule has 2 rings (SSSR count). The number of benzene rings is 1. The van der Waals surface area contributed by atoms with Gasteiger partial charge >= 0.3 is 6.03 Å². The van der Waals surface area contributed by atoms with Crippen LogP contribution in [0.25, 0.3) is 0 Å². The van der Waals surface area contributed by atoms with Crippen LogP contribution in [-0.2, 0) is 0 Å². The van der Waals surface area contributed by atoms with Crippen molar-refractivity contribution in [3.05, 3.63) is 23.2 Å². The molecule has 0 spiro atoms. The molecular weight excluding hydrogens is 238 g/mol. The summed E-state index contributed by atoms with van der Waals surface area (Å²) in [4.78, 5) is 13.8. The number of halogens is 1. The van der Waals surface area contributed by atoms with Gasteiger partial charge in [0.1, 0.15) is 0 Å². The van der Waals surface area contributed by atoms with Crippen LogP contribution < -0.4 is 11.1 Å². The number of rotatable bonds is 1. The molecule has 0 aliphatic carbocycles. The van der Waals surface area contributed by atoms with E-state index in [2.05, 4.69) is 5.32 Å². The van der Waals surface area contributed by atoms with Gasteiger partial charge in [0.2, 0.25) is 0 Å². The number of anilines is 2. The second-order valence-corrected chi connectivity index (χ2v) is 4.65. The lowest BCUT2D eigenvalue weighted by molar-refractivity contribution is 0.200. The molecule has 17 heavy (non-hydrogen) atoms. The van der Waals surface area contributed by atoms with Gasteiger partial charge in [-0.2, -0.15) is 0 Å². The molecule has 2 amide bonds. The highest BCUT2D eigenvalue weighted by molar-refractivity contribution is 6.31. The molecule has 1 heterocycles. The van der Waals surface area contributed by atoms with Gasteiger partial charge in [-0.1, -0.05) is 11.6 Å². The zero-order valence-electron chi connectivity index (χ0n) is 9.58. The Morgan fingerprint density at radius 1 is 1.29 bits per heavy atom. The van der Waals surface area contributed by atoms with Gasteiger partial charge in [-0.05, 0) is 37.5 Å². The average molecular weight is 254 g/mol. The summed E-state index contributed by atoms with van der Waals surface area (Å²) >= 11 is 5.87. The van der Waals surface area contributed by atoms with Crippen LogP contribution in [0.2, 0.25) is 5.02 Å². The van der Waals surface area contributed by atoms with E-state index in [1.54, 1.807) is 18.2 Å². The number of likely N-dealkylation sites (tertiary alicyclic amines) is 1. The number of hydrogen-bond donors (Lipinski definition) is 2. The first-order chi connectivity index (χ1) is 8.16. The molecule has 1 aromatic rings. The van der Waals surface area contributed by atoms with Crippen LogP contribution in [0, 0.1) is 0 Å². The van der Waals surface area contributed by atoms with Crippen molar-refractivity contribution in [2.24, 2.45) is 0 Å². The SMILES string of the molecule is Nc1ccc(Cl)cc1NC(=O)N1CCCCC1. The van der Waals surface area contributed by atoms with Gasteiger partial charge in [-0.25, -0.2) is 4.79 Å². The van der Waals surface area contributed by atoms with Crippen molar-refractivity contribution in [3.8, 4) is 0 Å². The van der Waals surface area contributed by atoms with Gasteiger partial charge in [0.25, 0.3) is 0 Å². The highest BCUT2D eigenvalue weighted by Crippen LogP contribution is 2.23. The normalized spacial score (nSPS) is 15.7. The van der Waals surface area contributed by atoms with Crippen LogP contribution in [0.1, 0.15) is 19.3 Å². The number of hydrogen-bond acceptors (Lipinski definition) is 2. The van der Waals surface area contributed by atoms with E-state index in [1.807, 2.05) is 4.90 Å². The topological polar surface area (TPSA) is 58.4 Å². The van der Waals surface area contributed by atoms with E-state index in [9.17, 15) is 4.79 Å². The molecule has 0 aromatic heterocycles. The van der Waals surface area contributed by atoms with Gasteiger partial charge in [-0.15, -0.1) is 0 Å². The van der Waals surface area contributed by atoms with Crippen molar-refractivity contribution >= 4 is 29.0 Å². The molecule has 1 fully saturated rings. The second-order valence-electron chi connectivity index (χ2n) is 4.21. The Bertz CT molecular complexity index is 416. The van der Waals surface area contributed by atoms with Gasteiger partial charge in [0.05, 0.1) is 11.4 Å². The number of nitrogens with two attached hydrogens (primary N) is 1. The van der Waals surface area contributed by atoms with Crippen LogP contribution in [-0.4, -0.2) is 24.0 Å². The molecule has 4 nitrogen and oxygen atoms in total. The van der Waals surface area contributed by atoms with Crippen molar-refractivity contribution in [2.75, 3.05) is 24.1 Å². The van der Waals surface area contributed by atoms with Gasteiger partial charge < -0.3 is 16.0 Å². The molecule has 1 aromatic carbocycles. The fourth-order valence-corrected chi connectivity index (χ4v) is 2.10. The summed E-state index contributed by atoms with van der Waals surface area (Å²) in [5, 5.41) is 3.36. The maximum Gasteiger partial charge on any atom is 0.321 e. The number of carbonyl (C=O) groups excluding carboxylic acids is 1. The van der Waals surface area contributed by atoms with Crippen LogP contribution >= 0.6 is 11.6 Å². The third-order valence-electron chi connectivity index (χ3n) is 2.90. The molecule has 1 aliphatic rings. The van der Waals surface area contributed by atoms with E-state index >= 15 is 0 Å². The fourth-order valence-electron chi connectivity index (χ4n) is 1.93. The summed E-state index contributed by atoms with van der Waals surface area (Å²) in [6.45, 7) is 1.62. The molecule has 0 radical (unpaired) electrons. The van der Waals surface area contributed by atoms with Gasteiger partial charge in [0.15, 0.2) is 0 Å². The smallest absolute Gasteiger partial charge is 0.321 e. The Kier molecular flexibility index (Phi) is 3.74. The minimum atomic E-state index is -0.0985. The van der Waals surface area contributed by atoms with E-state index < -0.39 is 0 Å². The van der Waals surface area contributed by atoms with E-state index in [-0.39, 0.29) is 6.03 Å². The lowest BCUT2D eigenvalue weighted by Crippen LogP contribution is -2.38. The number of amides is 2. The van der Waals surface area contributed by atoms with E-state index in [4.69, 9.17) is 17.3 Å². The second kappa shape index (κ2) is 5.27. The first-order valence-electron chi connectivity index (χ1n) is 5.78. The average Bonchev–Trinajstić information content (AvgIpc) is 2.35. The summed E-state index contributed by atoms with van der Waals surface area (Å²) < 4.78 is 0. The van der Waals surface area contributed by atoms with Crippen molar-refractivity contribution in [3.63, 3.8) is 0 Å². The zero-order chi connectivity index (χ0) is 12.3. The van der Waals surface area contributed by atoms with Crippen LogP contribution in [0.4, 0.5) is 16.2 Å². The Morgan fingerprint density at radius 3 is 2.71 bits per heavy atom. The van der Waals surface area contributed by atoms with Crippen LogP contribution in [0.15, 0.2) is 18.2 Å². The maximum atomic E-state index is 11.9. The standard InChI is InChI=1S/C12H16ClN3O/c13-9-4-5-10(14)11(8-9)15-12(17)16-6-2-1-3-7-16/h4-5,8H,1-3,6-7,14H2,(H,15,17). The lowest BCUT2D eigenvalue weighted by Gasteiger charge is -2.27. The maximum absolute atomic E-state index is 11.9. The van der Waals surface area contributed by atoms with Crippen molar-refractivity contribution in [1.82, 2.24) is 4.90 Å². The van der Waals surface area contributed by atoms with E-state index in [0.717, 1.165) is 25.9 Å². The molecule has 5 heteroatoms. The Labute approximate surface area is 106 Å². The molecule has 0 saturated carbocycles. The number of nitrogens with one attached hydrogen (secondary N) is 1. The Hall–Kier alpha value is -1.42. The molecule has 1 saturated heterocycles. The first kappa shape index (κ1) is 12.0. The van der Waals surface area contributed by atoms with Crippen molar-refractivity contribution in [2.45, 2.75) is 19.3 Å². The van der Waals surface area contributed by atoms with E-state index in [0.29, 0.717) is 16.4 Å². The number of nitrogens with zero attached hydrogens (tertiary/aromatic N) is 1. The summed E-state index contributed by atoms with van der Waals surface area (Å²) in [5.74, 6) is 0. The highest BCUT2D eigenvalue weighted by atomic mass is 35.5. The minimum Gasteiger partial charge on any atom is -0.397 e. The van der Waals surface area contributed by atoms with Crippen LogP contribution in [0.5, 0.6) is 0 Å². The summed E-state index contributed by atoms with van der Waals surface area (Å²) in [6, 6.07) is 4.96. The summed E-state index contributed by atoms with van der Waals surface area (Å²) in [6.07, 6.45) is 3.33. The first-order valence-corrected chi connectivity index (χ1v) is 6.15. The lowest BCUT2D eigenvalue weighted by atomic mass is 10.1. The fraction of sp³-hybridized carbons (Fsp3) is 0.417. The summed E-state index contributed by atoms with van der Waals surface area (Å²) in [5.41, 5.74) is 6.88. The molecular formula is C12H16ClN3O. The molecule has 92 valence electrons. The van der Waals surface area contributed by atoms with E-state index in [1.165, 1.54) is 6.42 Å². The Balaban J connectivity index is 2.04. The zero-order valence-corrected chi connectivity index (χ0v) is 10.3. The largest absolute Gasteiger partial charge is 0.397 e. The monoisotopic (exact) mass is 253 g/mol. The third kappa shape index (κ3) is 3.03. The number of nitrogen functional groups attached to an aromatic ring is 1. The Morgan fingerprint density at radius 2 is 2.00 bits per heavy atom. The number of piperidine rings is 1. The predicted octanol–water partition coefficient (Wildman–Crippen LogP) is 2.94. The summed E-state index contributed by atoms with van der Waals surface area (Å²) in [7, 11) is 0. The van der Waals surface area contributed by atoms with Crippen molar-refractivity contribution < 1.29 is 4.79 Å². The minimum absolute atomic E-state index is 0.0985.